The Hall–Kier alpha value is -2.88. The van der Waals surface area contributed by atoms with Crippen LogP contribution < -0.4 is 5.32 Å². The molecule has 1 N–H and O–H groups in total. The van der Waals surface area contributed by atoms with Crippen molar-refractivity contribution >= 4 is 11.8 Å². The van der Waals surface area contributed by atoms with E-state index in [0.717, 1.165) is 31.2 Å². The Morgan fingerprint density at radius 1 is 1.07 bits per heavy atom. The van der Waals surface area contributed by atoms with Crippen LogP contribution in [0.15, 0.2) is 61.2 Å². The van der Waals surface area contributed by atoms with Gasteiger partial charge >= 0.3 is 0 Å². The van der Waals surface area contributed by atoms with Gasteiger partial charge in [-0.3, -0.25) is 9.59 Å². The van der Waals surface area contributed by atoms with Gasteiger partial charge in [0.15, 0.2) is 0 Å². The first-order chi connectivity index (χ1) is 13.2. The third-order valence-corrected chi connectivity index (χ3v) is 5.46. The summed E-state index contributed by atoms with van der Waals surface area (Å²) in [5.41, 5.74) is 4.35. The van der Waals surface area contributed by atoms with Gasteiger partial charge in [0.1, 0.15) is 0 Å². The van der Waals surface area contributed by atoms with Crippen molar-refractivity contribution in [1.82, 2.24) is 10.2 Å². The summed E-state index contributed by atoms with van der Waals surface area (Å²) in [6.07, 6.45) is 5.49. The van der Waals surface area contributed by atoms with E-state index in [1.807, 2.05) is 24.3 Å². The van der Waals surface area contributed by atoms with Crippen molar-refractivity contribution in [2.24, 2.45) is 0 Å². The quantitative estimate of drug-likeness (QED) is 0.797. The SMILES string of the molecule is C=CC(=O)NCc1ccc(C(=O)N(C2CC2)C2CCc3ccccc32)cc1. The molecule has 1 fully saturated rings. The van der Waals surface area contributed by atoms with E-state index in [9.17, 15) is 9.59 Å². The van der Waals surface area contributed by atoms with E-state index in [-0.39, 0.29) is 17.9 Å². The van der Waals surface area contributed by atoms with Crippen molar-refractivity contribution in [3.05, 3.63) is 83.4 Å². The van der Waals surface area contributed by atoms with Gasteiger partial charge in [-0.25, -0.2) is 0 Å². The highest BCUT2D eigenvalue weighted by Gasteiger charge is 2.40. The largest absolute Gasteiger partial charge is 0.348 e. The second kappa shape index (κ2) is 7.39. The van der Waals surface area contributed by atoms with Gasteiger partial charge in [0, 0.05) is 18.2 Å². The standard InChI is InChI=1S/C23H24N2O2/c1-2-22(26)24-15-16-7-9-18(10-8-16)23(27)25(19-12-13-19)21-14-11-17-5-3-4-6-20(17)21/h2-10,19,21H,1,11-15H2,(H,24,26). The topological polar surface area (TPSA) is 49.4 Å². The number of carbonyl (C=O) groups is 2. The molecule has 0 saturated heterocycles. The first-order valence-electron chi connectivity index (χ1n) is 9.57. The maximum Gasteiger partial charge on any atom is 0.254 e. The van der Waals surface area contributed by atoms with Crippen LogP contribution in [0.4, 0.5) is 0 Å². The number of aryl methyl sites for hydroxylation is 1. The van der Waals surface area contributed by atoms with Crippen molar-refractivity contribution < 1.29 is 9.59 Å². The molecule has 0 heterocycles. The fourth-order valence-electron chi connectivity index (χ4n) is 3.91. The summed E-state index contributed by atoms with van der Waals surface area (Å²) in [7, 11) is 0. The molecular weight excluding hydrogens is 336 g/mol. The van der Waals surface area contributed by atoms with Crippen molar-refractivity contribution in [2.75, 3.05) is 0 Å². The van der Waals surface area contributed by atoms with Crippen molar-refractivity contribution in [3.8, 4) is 0 Å². The predicted octanol–water partition coefficient (Wildman–Crippen LogP) is 3.78. The van der Waals surface area contributed by atoms with Crippen LogP contribution in [0, 0.1) is 0 Å². The van der Waals surface area contributed by atoms with E-state index in [0.29, 0.717) is 18.2 Å². The van der Waals surface area contributed by atoms with Crippen molar-refractivity contribution in [1.29, 1.82) is 0 Å². The molecule has 27 heavy (non-hydrogen) atoms. The Bertz CT molecular complexity index is 868. The molecule has 1 atom stereocenters. The van der Waals surface area contributed by atoms with E-state index < -0.39 is 0 Å². The normalized spacial score (nSPS) is 17.9. The highest BCUT2D eigenvalue weighted by atomic mass is 16.2. The Morgan fingerprint density at radius 2 is 1.81 bits per heavy atom. The van der Waals surface area contributed by atoms with Crippen LogP contribution in [-0.2, 0) is 17.8 Å². The lowest BCUT2D eigenvalue weighted by molar-refractivity contribution is -0.116. The molecule has 0 spiro atoms. The van der Waals surface area contributed by atoms with Gasteiger partial charge in [0.05, 0.1) is 6.04 Å². The lowest BCUT2D eigenvalue weighted by Gasteiger charge is -2.30. The lowest BCUT2D eigenvalue weighted by atomic mass is 10.0. The monoisotopic (exact) mass is 360 g/mol. The fourth-order valence-corrected chi connectivity index (χ4v) is 3.91. The Balaban J connectivity index is 1.52. The smallest absolute Gasteiger partial charge is 0.254 e. The summed E-state index contributed by atoms with van der Waals surface area (Å²) in [6.45, 7) is 3.88. The maximum absolute atomic E-state index is 13.3. The van der Waals surface area contributed by atoms with Gasteiger partial charge in [-0.05, 0) is 60.6 Å². The molecule has 4 rings (SSSR count). The Labute approximate surface area is 159 Å². The zero-order valence-corrected chi connectivity index (χ0v) is 15.4. The average Bonchev–Trinajstić information content (AvgIpc) is 3.46. The van der Waals surface area contributed by atoms with Crippen molar-refractivity contribution in [2.45, 2.75) is 44.3 Å². The molecular formula is C23H24N2O2. The van der Waals surface area contributed by atoms with Gasteiger partial charge in [-0.2, -0.15) is 0 Å². The zero-order valence-electron chi connectivity index (χ0n) is 15.4. The van der Waals surface area contributed by atoms with Crippen LogP contribution in [0.2, 0.25) is 0 Å². The Morgan fingerprint density at radius 3 is 2.52 bits per heavy atom. The number of fused-ring (bicyclic) bond motifs is 1. The summed E-state index contributed by atoms with van der Waals surface area (Å²) < 4.78 is 0. The molecule has 4 nitrogen and oxygen atoms in total. The number of rotatable bonds is 6. The van der Waals surface area contributed by atoms with E-state index >= 15 is 0 Å². The molecule has 138 valence electrons. The molecule has 0 bridgehead atoms. The van der Waals surface area contributed by atoms with Crippen molar-refractivity contribution in [3.63, 3.8) is 0 Å². The fraction of sp³-hybridized carbons (Fsp3) is 0.304. The van der Waals surface area contributed by atoms with Crippen LogP contribution in [0.1, 0.15) is 52.4 Å². The van der Waals surface area contributed by atoms with E-state index in [4.69, 9.17) is 0 Å². The minimum absolute atomic E-state index is 0.112. The van der Waals surface area contributed by atoms with Crippen LogP contribution in [0.3, 0.4) is 0 Å². The van der Waals surface area contributed by atoms with E-state index in [1.54, 1.807) is 0 Å². The number of carbonyl (C=O) groups excluding carboxylic acids is 2. The number of hydrogen-bond donors (Lipinski definition) is 1. The molecule has 0 aromatic heterocycles. The van der Waals surface area contributed by atoms with Crippen LogP contribution >= 0.6 is 0 Å². The summed E-state index contributed by atoms with van der Waals surface area (Å²) >= 11 is 0. The number of hydrogen-bond acceptors (Lipinski definition) is 2. The number of benzene rings is 2. The third-order valence-electron chi connectivity index (χ3n) is 5.46. The highest BCUT2D eigenvalue weighted by molar-refractivity contribution is 5.95. The first-order valence-corrected chi connectivity index (χ1v) is 9.57. The van der Waals surface area contributed by atoms with Crippen LogP contribution in [-0.4, -0.2) is 22.8 Å². The second-order valence-corrected chi connectivity index (χ2v) is 7.32. The molecule has 0 aliphatic heterocycles. The molecule has 2 aliphatic carbocycles. The third kappa shape index (κ3) is 3.65. The molecule has 1 saturated carbocycles. The number of nitrogens with one attached hydrogen (secondary N) is 1. The molecule has 2 aromatic carbocycles. The van der Waals surface area contributed by atoms with Crippen LogP contribution in [0.25, 0.3) is 0 Å². The predicted molar refractivity (Wildman–Crippen MR) is 105 cm³/mol. The number of nitrogens with zero attached hydrogens (tertiary/aromatic N) is 1. The molecule has 1 unspecified atom stereocenters. The van der Waals surface area contributed by atoms with Gasteiger partial charge in [-0.1, -0.05) is 43.0 Å². The molecule has 2 aromatic rings. The Kier molecular flexibility index (Phi) is 4.80. The molecule has 2 amide bonds. The summed E-state index contributed by atoms with van der Waals surface area (Å²) in [6, 6.07) is 16.6. The summed E-state index contributed by atoms with van der Waals surface area (Å²) in [4.78, 5) is 26.7. The van der Waals surface area contributed by atoms with E-state index in [2.05, 4.69) is 41.1 Å². The molecule has 0 radical (unpaired) electrons. The minimum atomic E-state index is -0.199. The number of amides is 2. The zero-order chi connectivity index (χ0) is 18.8. The van der Waals surface area contributed by atoms with Gasteiger partial charge in [0.25, 0.3) is 5.91 Å². The van der Waals surface area contributed by atoms with Gasteiger partial charge in [-0.15, -0.1) is 0 Å². The van der Waals surface area contributed by atoms with E-state index in [1.165, 1.54) is 17.2 Å². The lowest BCUT2D eigenvalue weighted by Crippen LogP contribution is -2.36. The van der Waals surface area contributed by atoms with Crippen LogP contribution in [0.5, 0.6) is 0 Å². The summed E-state index contributed by atoms with van der Waals surface area (Å²) in [5.74, 6) is -0.0872. The molecule has 2 aliphatic rings. The summed E-state index contributed by atoms with van der Waals surface area (Å²) in [5, 5.41) is 2.75. The van der Waals surface area contributed by atoms with Gasteiger partial charge < -0.3 is 10.2 Å². The average molecular weight is 360 g/mol. The second-order valence-electron chi connectivity index (χ2n) is 7.32. The first kappa shape index (κ1) is 17.5. The van der Waals surface area contributed by atoms with Gasteiger partial charge in [0.2, 0.25) is 5.91 Å². The maximum atomic E-state index is 13.3. The molecule has 4 heteroatoms. The minimum Gasteiger partial charge on any atom is -0.348 e. The highest BCUT2D eigenvalue weighted by Crippen LogP contribution is 2.42.